The summed E-state index contributed by atoms with van der Waals surface area (Å²) < 4.78 is 37.8. The first-order valence-corrected chi connectivity index (χ1v) is 15.4. The van der Waals surface area contributed by atoms with Gasteiger partial charge in [0.1, 0.15) is 11.5 Å². The van der Waals surface area contributed by atoms with Crippen molar-refractivity contribution < 1.29 is 28.4 Å². The Bertz CT molecular complexity index is 1940. The fraction of sp³-hybridized carbons (Fsp3) is 0. The maximum absolute atomic E-state index is 6.44. The van der Waals surface area contributed by atoms with Crippen LogP contribution in [-0.2, 0) is 0 Å². The van der Waals surface area contributed by atoms with E-state index in [2.05, 4.69) is 0 Å². The van der Waals surface area contributed by atoms with Crippen molar-refractivity contribution in [2.24, 2.45) is 0 Å². The van der Waals surface area contributed by atoms with Crippen LogP contribution in [0.2, 0.25) is 0 Å². The molecule has 0 atom stereocenters. The summed E-state index contributed by atoms with van der Waals surface area (Å²) in [5.74, 6) is 6.67. The normalized spacial score (nSPS) is 10.5. The smallest absolute Gasteiger partial charge is 0.170 e. The number of hydrogen-bond acceptors (Lipinski definition) is 6. The van der Waals surface area contributed by atoms with Crippen LogP contribution < -0.4 is 28.4 Å². The Balaban J connectivity index is 1.12. The van der Waals surface area contributed by atoms with E-state index in [1.807, 2.05) is 182 Å². The van der Waals surface area contributed by atoms with Gasteiger partial charge in [-0.3, -0.25) is 0 Å². The fourth-order valence-corrected chi connectivity index (χ4v) is 4.80. The monoisotopic (exact) mass is 630 g/mol. The molecule has 234 valence electrons. The zero-order valence-electron chi connectivity index (χ0n) is 25.8. The quantitative estimate of drug-likeness (QED) is 0.134. The SMILES string of the molecule is c1ccc(Oc2ccccc2Oc2ccccc2Oc2ccccc2Oc2ccccc2Oc2ccccc2Oc2ccccc2)cc1. The van der Waals surface area contributed by atoms with Crippen molar-refractivity contribution in [1.29, 1.82) is 0 Å². The van der Waals surface area contributed by atoms with Gasteiger partial charge in [0.15, 0.2) is 57.5 Å². The van der Waals surface area contributed by atoms with Gasteiger partial charge in [0.05, 0.1) is 0 Å². The van der Waals surface area contributed by atoms with Gasteiger partial charge < -0.3 is 28.4 Å². The molecule has 6 nitrogen and oxygen atoms in total. The van der Waals surface area contributed by atoms with E-state index in [0.717, 1.165) is 0 Å². The standard InChI is InChI=1S/C42H30O6/c1-3-17-31(18-4-1)43-33-21-7-9-23-35(33)45-37-25-11-13-27-39(37)47-41-29-15-16-30-42(41)48-40-28-14-12-26-38(40)46-36-24-10-8-22-34(36)44-32-19-5-2-6-20-32/h1-30H. The summed E-state index contributed by atoms with van der Waals surface area (Å²) in [6.45, 7) is 0. The molecule has 0 radical (unpaired) electrons. The Morgan fingerprint density at radius 1 is 0.167 bits per heavy atom. The van der Waals surface area contributed by atoms with E-state index in [9.17, 15) is 0 Å². The first-order valence-electron chi connectivity index (χ1n) is 15.4. The van der Waals surface area contributed by atoms with Gasteiger partial charge in [-0.05, 0) is 84.9 Å². The van der Waals surface area contributed by atoms with Crippen LogP contribution in [0.3, 0.4) is 0 Å². The van der Waals surface area contributed by atoms with Gasteiger partial charge in [0.2, 0.25) is 0 Å². The number of hydrogen-bond donors (Lipinski definition) is 0. The molecule has 7 aromatic rings. The lowest BCUT2D eigenvalue weighted by Crippen LogP contribution is -1.95. The molecule has 0 amide bonds. The molecule has 7 rings (SSSR count). The Morgan fingerprint density at radius 2 is 0.333 bits per heavy atom. The molecular formula is C42H30O6. The van der Waals surface area contributed by atoms with E-state index < -0.39 is 0 Å². The summed E-state index contributed by atoms with van der Waals surface area (Å²) in [4.78, 5) is 0. The predicted octanol–water partition coefficient (Wildman–Crippen LogP) is 12.4. The van der Waals surface area contributed by atoms with Crippen LogP contribution in [0.5, 0.6) is 69.0 Å². The maximum Gasteiger partial charge on any atom is 0.170 e. The number of para-hydroxylation sites is 12. The summed E-state index contributed by atoms with van der Waals surface area (Å²) in [6.07, 6.45) is 0. The highest BCUT2D eigenvalue weighted by molar-refractivity contribution is 5.54. The van der Waals surface area contributed by atoms with Crippen molar-refractivity contribution in [3.8, 4) is 69.0 Å². The number of ether oxygens (including phenoxy) is 6. The minimum Gasteiger partial charge on any atom is -0.453 e. The van der Waals surface area contributed by atoms with Crippen molar-refractivity contribution in [1.82, 2.24) is 0 Å². The summed E-state index contributed by atoms with van der Waals surface area (Å²) in [5, 5.41) is 0. The lowest BCUT2D eigenvalue weighted by Gasteiger charge is -2.18. The molecule has 0 aromatic heterocycles. The molecule has 6 heteroatoms. The van der Waals surface area contributed by atoms with Crippen LogP contribution >= 0.6 is 0 Å². The van der Waals surface area contributed by atoms with Crippen LogP contribution in [0.1, 0.15) is 0 Å². The van der Waals surface area contributed by atoms with Crippen LogP contribution in [-0.4, -0.2) is 0 Å². The number of benzene rings is 7. The highest BCUT2D eigenvalue weighted by Gasteiger charge is 2.16. The Hall–Kier alpha value is -6.66. The molecule has 7 aromatic carbocycles. The molecule has 0 fully saturated rings. The van der Waals surface area contributed by atoms with Crippen molar-refractivity contribution in [3.05, 3.63) is 182 Å². The van der Waals surface area contributed by atoms with E-state index >= 15 is 0 Å². The third kappa shape index (κ3) is 7.41. The van der Waals surface area contributed by atoms with Gasteiger partial charge in [0, 0.05) is 0 Å². The highest BCUT2D eigenvalue weighted by atomic mass is 16.6. The third-order valence-corrected chi connectivity index (χ3v) is 7.07. The molecule has 0 saturated heterocycles. The predicted molar refractivity (Wildman–Crippen MR) is 186 cm³/mol. The first-order chi connectivity index (χ1) is 23.8. The second kappa shape index (κ2) is 14.6. The summed E-state index contributed by atoms with van der Waals surface area (Å²) in [7, 11) is 0. The van der Waals surface area contributed by atoms with Crippen molar-refractivity contribution in [2.75, 3.05) is 0 Å². The van der Waals surface area contributed by atoms with Gasteiger partial charge >= 0.3 is 0 Å². The van der Waals surface area contributed by atoms with Crippen LogP contribution in [0.25, 0.3) is 0 Å². The zero-order valence-corrected chi connectivity index (χ0v) is 25.8. The van der Waals surface area contributed by atoms with Crippen LogP contribution in [0.15, 0.2) is 182 Å². The lowest BCUT2D eigenvalue weighted by atomic mass is 10.2. The Labute approximate surface area is 278 Å². The molecule has 0 bridgehead atoms. The van der Waals surface area contributed by atoms with Gasteiger partial charge in [-0.1, -0.05) is 97.1 Å². The molecule has 0 aliphatic rings. The van der Waals surface area contributed by atoms with Crippen molar-refractivity contribution in [3.63, 3.8) is 0 Å². The van der Waals surface area contributed by atoms with Crippen molar-refractivity contribution in [2.45, 2.75) is 0 Å². The Morgan fingerprint density at radius 3 is 0.542 bits per heavy atom. The maximum atomic E-state index is 6.44. The van der Waals surface area contributed by atoms with E-state index in [4.69, 9.17) is 28.4 Å². The minimum absolute atomic E-state index is 0.491. The molecule has 0 spiro atoms. The molecule has 0 aliphatic carbocycles. The zero-order chi connectivity index (χ0) is 32.4. The summed E-state index contributed by atoms with van der Waals surface area (Å²) >= 11 is 0. The second-order valence-corrected chi connectivity index (χ2v) is 10.5. The van der Waals surface area contributed by atoms with Gasteiger partial charge in [0.25, 0.3) is 0 Å². The first kappa shape index (κ1) is 30.0. The van der Waals surface area contributed by atoms with Crippen molar-refractivity contribution >= 4 is 0 Å². The number of rotatable bonds is 12. The molecular weight excluding hydrogens is 600 g/mol. The van der Waals surface area contributed by atoms with Gasteiger partial charge in [-0.2, -0.15) is 0 Å². The van der Waals surface area contributed by atoms with E-state index in [0.29, 0.717) is 69.0 Å². The lowest BCUT2D eigenvalue weighted by molar-refractivity contribution is 0.371. The third-order valence-electron chi connectivity index (χ3n) is 7.07. The fourth-order valence-electron chi connectivity index (χ4n) is 4.80. The second-order valence-electron chi connectivity index (χ2n) is 10.5. The summed E-state index contributed by atoms with van der Waals surface area (Å²) in [6, 6.07) is 56.5. The van der Waals surface area contributed by atoms with Crippen LogP contribution in [0, 0.1) is 0 Å². The molecule has 48 heavy (non-hydrogen) atoms. The summed E-state index contributed by atoms with van der Waals surface area (Å²) in [5.41, 5.74) is 0. The average molecular weight is 631 g/mol. The minimum atomic E-state index is 0.491. The average Bonchev–Trinajstić information content (AvgIpc) is 3.13. The van der Waals surface area contributed by atoms with E-state index in [1.54, 1.807) is 0 Å². The Kier molecular flexibility index (Phi) is 9.15. The van der Waals surface area contributed by atoms with E-state index in [-0.39, 0.29) is 0 Å². The molecule has 0 unspecified atom stereocenters. The molecule has 0 aliphatic heterocycles. The largest absolute Gasteiger partial charge is 0.453 e. The highest BCUT2D eigenvalue weighted by Crippen LogP contribution is 2.44. The molecule has 0 heterocycles. The molecule has 0 saturated carbocycles. The van der Waals surface area contributed by atoms with Gasteiger partial charge in [-0.15, -0.1) is 0 Å². The van der Waals surface area contributed by atoms with Gasteiger partial charge in [-0.25, -0.2) is 0 Å². The molecule has 0 N–H and O–H groups in total. The topological polar surface area (TPSA) is 55.4 Å². The van der Waals surface area contributed by atoms with Crippen LogP contribution in [0.4, 0.5) is 0 Å². The van der Waals surface area contributed by atoms with E-state index in [1.165, 1.54) is 0 Å².